The Hall–Kier alpha value is -1.51. The maximum Gasteiger partial charge on any atom is 0.345 e. The lowest BCUT2D eigenvalue weighted by atomic mass is 9.61. The van der Waals surface area contributed by atoms with Gasteiger partial charge in [0, 0.05) is 5.92 Å². The van der Waals surface area contributed by atoms with Crippen molar-refractivity contribution in [2.45, 2.75) is 46.1 Å². The Bertz CT molecular complexity index is 532. The van der Waals surface area contributed by atoms with Crippen LogP contribution in [0.2, 0.25) is 0 Å². The van der Waals surface area contributed by atoms with Gasteiger partial charge in [0.2, 0.25) is 0 Å². The smallest absolute Gasteiger partial charge is 0.345 e. The molecule has 21 heavy (non-hydrogen) atoms. The fourth-order valence-electron chi connectivity index (χ4n) is 5.00. The lowest BCUT2D eigenvalue weighted by molar-refractivity contribution is -0.154. The van der Waals surface area contributed by atoms with Gasteiger partial charge >= 0.3 is 5.97 Å². The Balaban J connectivity index is 1.92. The van der Waals surface area contributed by atoms with E-state index in [1.54, 1.807) is 0 Å². The van der Waals surface area contributed by atoms with Gasteiger partial charge in [0.05, 0.1) is 0 Å². The second kappa shape index (κ2) is 4.75. The summed E-state index contributed by atoms with van der Waals surface area (Å²) in [6, 6.07) is 9.33. The zero-order chi connectivity index (χ0) is 15.3. The van der Waals surface area contributed by atoms with Crippen molar-refractivity contribution in [1.82, 2.24) is 0 Å². The van der Waals surface area contributed by atoms with Crippen LogP contribution in [0, 0.1) is 22.7 Å². The van der Waals surface area contributed by atoms with E-state index in [-0.39, 0.29) is 16.7 Å². The predicted octanol–water partition coefficient (Wildman–Crippen LogP) is 3.98. The zero-order valence-electron chi connectivity index (χ0n) is 13.0. The number of fused-ring (bicyclic) bond motifs is 2. The standard InChI is InChI=1S/C18H24O3/c1-17(2)12-9-10-18(3,11-12)15(17)14(16(19)20)21-13-7-5-4-6-8-13/h4-8,12,14-15H,9-11H2,1-3H3,(H,19,20). The molecule has 0 spiro atoms. The molecule has 0 amide bonds. The monoisotopic (exact) mass is 288 g/mol. The van der Waals surface area contributed by atoms with Gasteiger partial charge in [-0.2, -0.15) is 0 Å². The predicted molar refractivity (Wildman–Crippen MR) is 81.2 cm³/mol. The van der Waals surface area contributed by atoms with Crippen molar-refractivity contribution in [3.05, 3.63) is 30.3 Å². The molecule has 0 aliphatic heterocycles. The molecule has 0 heterocycles. The van der Waals surface area contributed by atoms with E-state index >= 15 is 0 Å². The molecule has 114 valence electrons. The first-order valence-corrected chi connectivity index (χ1v) is 7.79. The molecular weight excluding hydrogens is 264 g/mol. The molecule has 1 aromatic carbocycles. The van der Waals surface area contributed by atoms with Gasteiger partial charge < -0.3 is 9.84 Å². The summed E-state index contributed by atoms with van der Waals surface area (Å²) in [5, 5.41) is 9.74. The van der Waals surface area contributed by atoms with Crippen LogP contribution in [0.15, 0.2) is 30.3 Å². The van der Waals surface area contributed by atoms with E-state index in [9.17, 15) is 9.90 Å². The van der Waals surface area contributed by atoms with E-state index in [4.69, 9.17) is 4.74 Å². The molecule has 2 aliphatic carbocycles. The second-order valence-corrected chi connectivity index (χ2v) is 7.58. The van der Waals surface area contributed by atoms with Gasteiger partial charge in [0.15, 0.2) is 6.10 Å². The molecule has 2 fully saturated rings. The molecule has 0 saturated heterocycles. The first-order valence-electron chi connectivity index (χ1n) is 7.79. The van der Waals surface area contributed by atoms with Crippen LogP contribution in [0.25, 0.3) is 0 Å². The summed E-state index contributed by atoms with van der Waals surface area (Å²) in [7, 11) is 0. The highest BCUT2D eigenvalue weighted by atomic mass is 16.5. The van der Waals surface area contributed by atoms with Crippen LogP contribution in [0.5, 0.6) is 5.75 Å². The van der Waals surface area contributed by atoms with Crippen LogP contribution < -0.4 is 4.74 Å². The molecular formula is C18H24O3. The number of carbonyl (C=O) groups is 1. The topological polar surface area (TPSA) is 46.5 Å². The lowest BCUT2D eigenvalue weighted by Crippen LogP contribution is -2.49. The summed E-state index contributed by atoms with van der Waals surface area (Å²) >= 11 is 0. The maximum atomic E-state index is 11.9. The largest absolute Gasteiger partial charge is 0.478 e. The van der Waals surface area contributed by atoms with E-state index in [1.807, 2.05) is 30.3 Å². The summed E-state index contributed by atoms with van der Waals surface area (Å²) in [4.78, 5) is 11.9. The van der Waals surface area contributed by atoms with Crippen molar-refractivity contribution in [1.29, 1.82) is 0 Å². The van der Waals surface area contributed by atoms with Crippen LogP contribution in [-0.2, 0) is 4.79 Å². The number of rotatable bonds is 4. The Labute approximate surface area is 126 Å². The molecule has 3 heteroatoms. The molecule has 0 aromatic heterocycles. The van der Waals surface area contributed by atoms with E-state index < -0.39 is 12.1 Å². The molecule has 1 N–H and O–H groups in total. The van der Waals surface area contributed by atoms with E-state index in [2.05, 4.69) is 20.8 Å². The number of para-hydroxylation sites is 1. The number of aliphatic carboxylic acids is 1. The summed E-state index contributed by atoms with van der Waals surface area (Å²) in [6.07, 6.45) is 2.70. The van der Waals surface area contributed by atoms with Gasteiger partial charge in [-0.25, -0.2) is 4.79 Å². The van der Waals surface area contributed by atoms with Crippen molar-refractivity contribution in [3.63, 3.8) is 0 Å². The maximum absolute atomic E-state index is 11.9. The number of ether oxygens (including phenoxy) is 1. The third-order valence-electron chi connectivity index (χ3n) is 5.93. The van der Waals surface area contributed by atoms with Gasteiger partial charge in [-0.15, -0.1) is 0 Å². The third kappa shape index (κ3) is 2.23. The Morgan fingerprint density at radius 1 is 1.29 bits per heavy atom. The number of hydrogen-bond acceptors (Lipinski definition) is 2. The van der Waals surface area contributed by atoms with Gasteiger partial charge in [-0.05, 0) is 48.1 Å². The molecule has 2 saturated carbocycles. The highest BCUT2D eigenvalue weighted by molar-refractivity contribution is 5.73. The molecule has 3 rings (SSSR count). The molecule has 1 aromatic rings. The quantitative estimate of drug-likeness (QED) is 0.911. The molecule has 4 unspecified atom stereocenters. The Morgan fingerprint density at radius 3 is 2.48 bits per heavy atom. The van der Waals surface area contributed by atoms with Crippen LogP contribution in [0.1, 0.15) is 40.0 Å². The van der Waals surface area contributed by atoms with Crippen molar-refractivity contribution >= 4 is 5.97 Å². The average molecular weight is 288 g/mol. The summed E-state index contributed by atoms with van der Waals surface area (Å²) in [6.45, 7) is 6.69. The third-order valence-corrected chi connectivity index (χ3v) is 5.93. The van der Waals surface area contributed by atoms with E-state index in [0.717, 1.165) is 12.8 Å². The van der Waals surface area contributed by atoms with Crippen molar-refractivity contribution < 1.29 is 14.6 Å². The van der Waals surface area contributed by atoms with Crippen LogP contribution in [-0.4, -0.2) is 17.2 Å². The number of carboxylic acid groups (broad SMARTS) is 1. The number of benzene rings is 1. The number of hydrogen-bond donors (Lipinski definition) is 1. The average Bonchev–Trinajstić information content (AvgIpc) is 2.89. The number of carboxylic acids is 1. The van der Waals surface area contributed by atoms with Crippen LogP contribution >= 0.6 is 0 Å². The Morgan fingerprint density at radius 2 is 1.95 bits per heavy atom. The minimum Gasteiger partial charge on any atom is -0.478 e. The van der Waals surface area contributed by atoms with Crippen molar-refractivity contribution in [2.24, 2.45) is 22.7 Å². The summed E-state index contributed by atoms with van der Waals surface area (Å²) < 4.78 is 5.91. The lowest BCUT2D eigenvalue weighted by Gasteiger charge is -2.45. The van der Waals surface area contributed by atoms with Crippen LogP contribution in [0.3, 0.4) is 0 Å². The first kappa shape index (κ1) is 14.4. The molecule has 2 aliphatic rings. The van der Waals surface area contributed by atoms with Gasteiger partial charge in [-0.1, -0.05) is 39.0 Å². The normalized spacial score (nSPS) is 34.6. The fraction of sp³-hybridized carbons (Fsp3) is 0.611. The zero-order valence-corrected chi connectivity index (χ0v) is 13.0. The molecule has 4 atom stereocenters. The minimum atomic E-state index is -0.842. The van der Waals surface area contributed by atoms with Crippen molar-refractivity contribution in [2.75, 3.05) is 0 Å². The second-order valence-electron chi connectivity index (χ2n) is 7.58. The van der Waals surface area contributed by atoms with Gasteiger partial charge in [0.25, 0.3) is 0 Å². The van der Waals surface area contributed by atoms with Crippen molar-refractivity contribution in [3.8, 4) is 5.75 Å². The highest BCUT2D eigenvalue weighted by Gasteiger charge is 2.63. The summed E-state index contributed by atoms with van der Waals surface area (Å²) in [5.41, 5.74) is 0.108. The molecule has 2 bridgehead atoms. The van der Waals surface area contributed by atoms with E-state index in [0.29, 0.717) is 11.7 Å². The highest BCUT2D eigenvalue weighted by Crippen LogP contribution is 2.67. The molecule has 0 radical (unpaired) electrons. The van der Waals surface area contributed by atoms with Gasteiger partial charge in [-0.3, -0.25) is 0 Å². The minimum absolute atomic E-state index is 0.0187. The van der Waals surface area contributed by atoms with E-state index in [1.165, 1.54) is 6.42 Å². The fourth-order valence-corrected chi connectivity index (χ4v) is 5.00. The first-order chi connectivity index (χ1) is 9.84. The molecule has 3 nitrogen and oxygen atoms in total. The summed E-state index contributed by atoms with van der Waals surface area (Å²) in [5.74, 6) is 0.480. The van der Waals surface area contributed by atoms with Crippen LogP contribution in [0.4, 0.5) is 0 Å². The van der Waals surface area contributed by atoms with Gasteiger partial charge in [0.1, 0.15) is 5.75 Å². The SMILES string of the molecule is CC12CCC(C1)C(C)(C)C2C(Oc1ccccc1)C(=O)O. The Kier molecular flexibility index (Phi) is 3.27.